The van der Waals surface area contributed by atoms with Gasteiger partial charge in [0.1, 0.15) is 66.9 Å². The van der Waals surface area contributed by atoms with Gasteiger partial charge in [-0.2, -0.15) is 15.8 Å². The van der Waals surface area contributed by atoms with Crippen LogP contribution in [-0.2, 0) is 14.4 Å². The molecule has 27 nitrogen and oxygen atoms in total. The van der Waals surface area contributed by atoms with Crippen molar-refractivity contribution in [1.29, 1.82) is 15.8 Å². The van der Waals surface area contributed by atoms with Crippen LogP contribution in [-0.4, -0.2) is 164 Å². The lowest BCUT2D eigenvalue weighted by Gasteiger charge is -2.41. The number of carbonyl (C=O) groups excluding carboxylic acids is 3. The second kappa shape index (κ2) is 39.9. The highest BCUT2D eigenvalue weighted by molar-refractivity contribution is 6.40. The van der Waals surface area contributed by atoms with Gasteiger partial charge < -0.3 is 45.3 Å². The van der Waals surface area contributed by atoms with Crippen LogP contribution in [0.1, 0.15) is 117 Å². The Hall–Kier alpha value is -13.4. The fourth-order valence-corrected chi connectivity index (χ4v) is 18.4. The largest absolute Gasteiger partial charge is 0.503 e. The molecule has 0 aliphatic carbocycles. The Morgan fingerprint density at radius 3 is 1.04 bits per heavy atom. The Labute approximate surface area is 805 Å². The summed E-state index contributed by atoms with van der Waals surface area (Å²) in [4.78, 5) is 117. The van der Waals surface area contributed by atoms with Crippen molar-refractivity contribution in [3.63, 3.8) is 0 Å². The van der Waals surface area contributed by atoms with E-state index in [-0.39, 0.29) is 195 Å². The molecule has 1 atom stereocenters. The number of hydrogen-bond acceptors (Lipinski definition) is 21. The maximum atomic E-state index is 15.3. The number of hydrogen-bond donors (Lipinski definition) is 3. The number of aromatic hydroxyl groups is 2. The summed E-state index contributed by atoms with van der Waals surface area (Å²) in [6, 6.07) is 14.9. The molecule has 0 saturated carbocycles. The van der Waals surface area contributed by atoms with E-state index in [1.807, 2.05) is 65.5 Å². The van der Waals surface area contributed by atoms with Gasteiger partial charge >= 0.3 is 0 Å². The van der Waals surface area contributed by atoms with Crippen LogP contribution in [0.15, 0.2) is 107 Å². The van der Waals surface area contributed by atoms with Gasteiger partial charge in [0.15, 0.2) is 58.0 Å². The number of nitriles is 3. The quantitative estimate of drug-likeness (QED) is 0.0282. The smallest absolute Gasteiger partial charge is 0.276 e. The topological polar surface area (TPSA) is 352 Å². The molecular formula is C94H78Cl7F8N19O8. The Kier molecular flexibility index (Phi) is 29.3. The highest BCUT2D eigenvalue weighted by Gasteiger charge is 2.39. The van der Waals surface area contributed by atoms with Crippen LogP contribution >= 0.6 is 81.2 Å². The molecule has 0 spiro atoms. The number of piperazine rings is 3. The van der Waals surface area contributed by atoms with Gasteiger partial charge in [0.2, 0.25) is 17.7 Å². The van der Waals surface area contributed by atoms with Crippen molar-refractivity contribution in [3.05, 3.63) is 256 Å². The molecule has 15 rings (SSSR count). The molecule has 12 aromatic rings. The van der Waals surface area contributed by atoms with E-state index < -0.39 is 123 Å². The van der Waals surface area contributed by atoms with Crippen LogP contribution in [0.25, 0.3) is 83.9 Å². The molecule has 3 aliphatic rings. The Bertz CT molecular complexity index is 7100. The van der Waals surface area contributed by atoms with E-state index >= 15 is 17.6 Å². The van der Waals surface area contributed by atoms with Crippen LogP contribution in [0.3, 0.4) is 0 Å². The predicted molar refractivity (Wildman–Crippen MR) is 506 cm³/mol. The van der Waals surface area contributed by atoms with Crippen molar-refractivity contribution in [2.75, 3.05) is 92.4 Å². The fraction of sp³-hybridized carbons (Fsp3) is 0.266. The van der Waals surface area contributed by atoms with E-state index in [0.717, 1.165) is 9.13 Å². The first-order valence-corrected chi connectivity index (χ1v) is 44.2. The first kappa shape index (κ1) is 100. The predicted octanol–water partition coefficient (Wildman–Crippen LogP) is 18.8. The lowest BCUT2D eigenvalue weighted by atomic mass is 10.0. The SMILES string of the molecule is C=CC(=O)N1CCN(c2c(C#N)c(=O)n(-c3c(C)ccnc3C(C)C)c3nc(-c4c(F)c(O)c(F)c(Cl)c4F)c(Cl)cc23)CC1.C=CC(=O)N1CCN(c2c(C#N)c(=O)n(-c3c(C)ccnc3C(C)C)c3nc(-c4c(F)c(O)c(F)c(Cl)c4F)c(Cl)cc23)CC1.C=CC(=O)N1CCN(c2c(C#N)c(=O)n(-c3c(C)ccnc3C(C)C)c3nc(-c4c(N)c(Cl)c(F)c(F)c4Cl)c(Cl)cc23)C[C@H]1C. The summed E-state index contributed by atoms with van der Waals surface area (Å²) in [6.07, 6.45) is 8.37. The number of fused-ring (bicyclic) bond motifs is 3. The van der Waals surface area contributed by atoms with Gasteiger partial charge in [0, 0.05) is 118 Å². The van der Waals surface area contributed by atoms with Crippen molar-refractivity contribution in [1.82, 2.24) is 58.3 Å². The van der Waals surface area contributed by atoms with Gasteiger partial charge in [-0.1, -0.05) is 142 Å². The van der Waals surface area contributed by atoms with Gasteiger partial charge in [-0.05, 0) is 117 Å². The van der Waals surface area contributed by atoms with Crippen molar-refractivity contribution in [2.24, 2.45) is 0 Å². The van der Waals surface area contributed by atoms with E-state index in [1.54, 1.807) is 82.1 Å². The molecule has 9 aromatic heterocycles. The number of nitrogens with zero attached hydrogens (tertiary/aromatic N) is 18. The number of pyridine rings is 9. The van der Waals surface area contributed by atoms with Gasteiger partial charge in [-0.15, -0.1) is 0 Å². The third kappa shape index (κ3) is 17.5. The monoisotopic (exact) mass is 2000 g/mol. The molecule has 12 heterocycles. The van der Waals surface area contributed by atoms with Crippen LogP contribution in [0.2, 0.25) is 35.2 Å². The number of aryl methyl sites for hydroxylation is 3. The van der Waals surface area contributed by atoms with Gasteiger partial charge in [0.05, 0.1) is 105 Å². The number of carbonyl (C=O) groups is 3. The number of halogens is 15. The maximum absolute atomic E-state index is 15.3. The molecule has 0 unspecified atom stereocenters. The van der Waals surface area contributed by atoms with Crippen LogP contribution in [0.4, 0.5) is 57.9 Å². The summed E-state index contributed by atoms with van der Waals surface area (Å²) in [6.45, 7) is 31.6. The minimum absolute atomic E-state index is 0.0324. The second-order valence-corrected chi connectivity index (χ2v) is 35.3. The number of rotatable bonds is 15. The number of nitrogens with two attached hydrogens (primary N) is 1. The van der Waals surface area contributed by atoms with E-state index in [9.17, 15) is 72.3 Å². The molecule has 3 amide bonds. The summed E-state index contributed by atoms with van der Waals surface area (Å²) >= 11 is 43.7. The van der Waals surface area contributed by atoms with Crippen LogP contribution in [0, 0.1) is 101 Å². The highest BCUT2D eigenvalue weighted by Crippen LogP contribution is 2.49. The normalized spacial score (nSPS) is 14.0. The van der Waals surface area contributed by atoms with E-state index in [4.69, 9.17) is 91.9 Å². The van der Waals surface area contributed by atoms with E-state index in [1.165, 1.54) is 41.0 Å². The highest BCUT2D eigenvalue weighted by atomic mass is 35.5. The summed E-state index contributed by atoms with van der Waals surface area (Å²) in [5.41, 5.74) is 3.83. The number of benzene rings is 3. The molecule has 0 bridgehead atoms. The summed E-state index contributed by atoms with van der Waals surface area (Å²) < 4.78 is 123. The molecular weight excluding hydrogens is 1920 g/mol. The zero-order valence-corrected chi connectivity index (χ0v) is 79.1. The molecule has 136 heavy (non-hydrogen) atoms. The Morgan fingerprint density at radius 1 is 0.434 bits per heavy atom. The second-order valence-electron chi connectivity index (χ2n) is 32.6. The van der Waals surface area contributed by atoms with Gasteiger partial charge in [0.25, 0.3) is 16.7 Å². The number of phenolic OH excluding ortho intramolecular Hbond substituents is 2. The fourth-order valence-electron chi connectivity index (χ4n) is 16.8. The van der Waals surface area contributed by atoms with Crippen molar-refractivity contribution < 1.29 is 59.7 Å². The molecule has 0 radical (unpaired) electrons. The minimum Gasteiger partial charge on any atom is -0.503 e. The van der Waals surface area contributed by atoms with Crippen molar-refractivity contribution in [2.45, 2.75) is 93.0 Å². The number of nitrogen functional groups attached to an aromatic ring is 1. The number of amides is 3. The van der Waals surface area contributed by atoms with Gasteiger partial charge in [-0.25, -0.2) is 50.1 Å². The van der Waals surface area contributed by atoms with Gasteiger partial charge in [-0.3, -0.25) is 57.4 Å². The lowest BCUT2D eigenvalue weighted by Crippen LogP contribution is -2.54. The first-order chi connectivity index (χ1) is 64.4. The third-order valence-corrected chi connectivity index (χ3v) is 25.7. The molecule has 42 heteroatoms. The van der Waals surface area contributed by atoms with Crippen LogP contribution < -0.4 is 37.1 Å². The average Bonchev–Trinajstić information content (AvgIpc) is 0.722. The maximum Gasteiger partial charge on any atom is 0.276 e. The zero-order chi connectivity index (χ0) is 99.6. The number of anilines is 4. The Morgan fingerprint density at radius 2 is 0.735 bits per heavy atom. The Balaban J connectivity index is 0.000000173. The van der Waals surface area contributed by atoms with Crippen LogP contribution in [0.5, 0.6) is 11.5 Å². The van der Waals surface area contributed by atoms with Crippen molar-refractivity contribution >= 4 is 155 Å². The summed E-state index contributed by atoms with van der Waals surface area (Å²) in [7, 11) is 0. The van der Waals surface area contributed by atoms with E-state index in [2.05, 4.69) is 50.7 Å². The lowest BCUT2D eigenvalue weighted by molar-refractivity contribution is -0.128. The molecule has 3 saturated heterocycles. The standard InChI is InChI=1S/C32H28Cl3F2N7O2.2C31H25Cl2F3N6O3/c1-6-20(45)43-10-9-42(13-16(43)5)30-17-11-19(33)28(21-22(34)24(36)25(37)23(35)26(21)39)41-31(17)44(32(46)18(30)12-38)29-15(4)7-8-40-27(29)14(2)3;2*1-5-19(43)40-8-10-41(11-9-40)28-16-12-18(32)26(20-22(34)21(33)24(36)29(44)23(20)35)39-30(16)42(31(45)17(28)13-37)27-15(4)6-7-38-25(27)14(2)3/h6-8,11,14,16H,1,9-10,13,39H2,2-5H3;2*5-7,12,14,44H,1,8-11H2,2-4H3/t16-;;/m1../s1. The first-order valence-electron chi connectivity index (χ1n) is 41.6. The summed E-state index contributed by atoms with van der Waals surface area (Å²) in [5.74, 6) is -17.3. The molecule has 3 fully saturated rings. The molecule has 702 valence electrons. The zero-order valence-electron chi connectivity index (χ0n) is 73.8. The third-order valence-electron chi connectivity index (χ3n) is 23.4. The summed E-state index contributed by atoms with van der Waals surface area (Å²) in [5, 5.41) is 47.3. The minimum atomic E-state index is -1.70. The average molecular weight is 2000 g/mol. The molecule has 3 aliphatic heterocycles. The molecule has 3 aromatic carbocycles. The number of aromatic nitrogens is 9. The van der Waals surface area contributed by atoms with E-state index in [0.29, 0.717) is 62.8 Å². The number of phenols is 2. The van der Waals surface area contributed by atoms with Crippen molar-refractivity contribution in [3.8, 4) is 80.5 Å². The molecule has 4 N–H and O–H groups in total.